The van der Waals surface area contributed by atoms with E-state index in [2.05, 4.69) is 75.9 Å². The maximum atomic E-state index is 4.11. The second-order valence-corrected chi connectivity index (χ2v) is 23.7. The molecule has 0 amide bonds. The highest BCUT2D eigenvalue weighted by Crippen LogP contribution is 2.50. The van der Waals surface area contributed by atoms with Crippen LogP contribution in [0.25, 0.3) is 0 Å². The van der Waals surface area contributed by atoms with Crippen LogP contribution in [0.1, 0.15) is 0 Å². The molecule has 24 heavy (non-hydrogen) atoms. The van der Waals surface area contributed by atoms with Crippen molar-refractivity contribution in [1.82, 2.24) is 0 Å². The normalized spacial score (nSPS) is 20.5. The zero-order valence-corrected chi connectivity index (χ0v) is 18.6. The maximum Gasteiger partial charge on any atom is 0.0558 e. The lowest BCUT2D eigenvalue weighted by atomic mass is 10.7. The average Bonchev–Trinajstić information content (AvgIpc) is 2.48. The van der Waals surface area contributed by atoms with Crippen LogP contribution in [0.2, 0.25) is 53.3 Å². The molecule has 3 heteroatoms. The average molecular weight is 373 g/mol. The highest BCUT2D eigenvalue weighted by atomic mass is 28.5. The summed E-state index contributed by atoms with van der Waals surface area (Å²) in [5.41, 5.74) is 4.50. The van der Waals surface area contributed by atoms with Crippen LogP contribution in [0.3, 0.4) is 0 Å². The van der Waals surface area contributed by atoms with Crippen molar-refractivity contribution in [3.8, 4) is 0 Å². The second-order valence-electron chi connectivity index (χ2n) is 7.99. The zero-order chi connectivity index (χ0) is 18.1. The van der Waals surface area contributed by atoms with Crippen LogP contribution in [0, 0.1) is 0 Å². The van der Waals surface area contributed by atoms with E-state index in [0.29, 0.717) is 0 Å². The van der Waals surface area contributed by atoms with Gasteiger partial charge in [-0.15, -0.1) is 39.5 Å². The van der Waals surface area contributed by atoms with Crippen molar-refractivity contribution in [1.29, 1.82) is 0 Å². The van der Waals surface area contributed by atoms with Gasteiger partial charge in [-0.25, -0.2) is 0 Å². The molecule has 1 rings (SSSR count). The Kier molecular flexibility index (Phi) is 8.40. The van der Waals surface area contributed by atoms with Crippen molar-refractivity contribution in [2.75, 3.05) is 0 Å². The smallest absolute Gasteiger partial charge is 0.0558 e. The SMILES string of the molecule is C=CC[Si]1(CC=C)C[Si](CC=C)(CC=C)C[Si](CC=C)(CC=C)C1. The Labute approximate surface area is 153 Å². The molecule has 0 nitrogen and oxygen atoms in total. The van der Waals surface area contributed by atoms with Gasteiger partial charge in [0, 0.05) is 0 Å². The molecule has 0 aromatic rings. The van der Waals surface area contributed by atoms with Crippen LogP contribution < -0.4 is 0 Å². The maximum absolute atomic E-state index is 4.11. The van der Waals surface area contributed by atoms with E-state index < -0.39 is 24.2 Å². The van der Waals surface area contributed by atoms with Crippen molar-refractivity contribution < 1.29 is 0 Å². The molecule has 0 spiro atoms. The van der Waals surface area contributed by atoms with Crippen LogP contribution >= 0.6 is 0 Å². The van der Waals surface area contributed by atoms with Crippen molar-refractivity contribution in [2.45, 2.75) is 53.3 Å². The number of allylic oxidation sites excluding steroid dienone is 6. The minimum absolute atomic E-state index is 1.24. The van der Waals surface area contributed by atoms with Crippen LogP contribution in [-0.2, 0) is 0 Å². The largest absolute Gasteiger partial charge is 0.103 e. The van der Waals surface area contributed by atoms with E-state index in [0.717, 1.165) is 0 Å². The molecule has 1 saturated heterocycles. The van der Waals surface area contributed by atoms with Crippen molar-refractivity contribution in [2.24, 2.45) is 0 Å². The predicted molar refractivity (Wildman–Crippen MR) is 122 cm³/mol. The van der Waals surface area contributed by atoms with Gasteiger partial charge in [0.05, 0.1) is 24.2 Å². The molecular formula is C21H36Si3. The van der Waals surface area contributed by atoms with Gasteiger partial charge >= 0.3 is 0 Å². The van der Waals surface area contributed by atoms with Gasteiger partial charge in [0.2, 0.25) is 0 Å². The Morgan fingerprint density at radius 2 is 0.583 bits per heavy atom. The Hall–Kier alpha value is -0.909. The van der Waals surface area contributed by atoms with Gasteiger partial charge in [0.15, 0.2) is 0 Å². The summed E-state index contributed by atoms with van der Waals surface area (Å²) in [6.45, 7) is 24.7. The molecule has 1 fully saturated rings. The molecule has 0 radical (unpaired) electrons. The summed E-state index contributed by atoms with van der Waals surface area (Å²) >= 11 is 0. The summed E-state index contributed by atoms with van der Waals surface area (Å²) in [5, 5.41) is 0. The zero-order valence-electron chi connectivity index (χ0n) is 15.6. The third kappa shape index (κ3) is 5.04. The predicted octanol–water partition coefficient (Wildman–Crippen LogP) is 7.08. The van der Waals surface area contributed by atoms with Gasteiger partial charge in [-0.3, -0.25) is 0 Å². The lowest BCUT2D eigenvalue weighted by Gasteiger charge is -2.53. The van der Waals surface area contributed by atoms with Crippen LogP contribution in [-0.4, -0.2) is 24.2 Å². The first-order chi connectivity index (χ1) is 11.5. The minimum Gasteiger partial charge on any atom is -0.103 e. The summed E-state index contributed by atoms with van der Waals surface area (Å²) in [6.07, 6.45) is 13.2. The molecule has 1 aliphatic rings. The third-order valence-electron chi connectivity index (χ3n) is 5.71. The van der Waals surface area contributed by atoms with Gasteiger partial charge in [0.1, 0.15) is 0 Å². The first-order valence-corrected chi connectivity index (χ1v) is 17.6. The van der Waals surface area contributed by atoms with Crippen molar-refractivity contribution in [3.63, 3.8) is 0 Å². The number of hydrogen-bond donors (Lipinski definition) is 0. The molecule has 0 bridgehead atoms. The Balaban J connectivity index is 3.44. The molecule has 132 valence electrons. The second kappa shape index (κ2) is 9.54. The highest BCUT2D eigenvalue weighted by Gasteiger charge is 2.54. The minimum atomic E-state index is -1.41. The highest BCUT2D eigenvalue weighted by molar-refractivity contribution is 7.14. The lowest BCUT2D eigenvalue weighted by Crippen LogP contribution is -2.61. The molecule has 0 aliphatic carbocycles. The standard InChI is InChI=1S/C21H36Si3/c1-7-13-22(14-8-2)19-23(15-9-3,16-10-4)21-24(20-22,17-11-5)18-12-6/h7-12H,1-6,13-21H2. The van der Waals surface area contributed by atoms with Crippen molar-refractivity contribution >= 4 is 24.2 Å². The Morgan fingerprint density at radius 3 is 0.708 bits per heavy atom. The van der Waals surface area contributed by atoms with Crippen molar-refractivity contribution in [3.05, 3.63) is 75.9 Å². The van der Waals surface area contributed by atoms with Gasteiger partial charge in [-0.2, -0.15) is 0 Å². The molecule has 0 aromatic carbocycles. The first kappa shape index (κ1) is 21.1. The summed E-state index contributed by atoms with van der Waals surface area (Å²) < 4.78 is 0. The van der Waals surface area contributed by atoms with Gasteiger partial charge < -0.3 is 0 Å². The molecule has 0 N–H and O–H groups in total. The molecule has 0 unspecified atom stereocenters. The molecule has 1 aliphatic heterocycles. The number of rotatable bonds is 12. The summed E-state index contributed by atoms with van der Waals surface area (Å²) in [5.74, 6) is 0. The molecular weight excluding hydrogens is 336 g/mol. The molecule has 1 heterocycles. The van der Waals surface area contributed by atoms with Gasteiger partial charge in [-0.1, -0.05) is 53.5 Å². The van der Waals surface area contributed by atoms with Gasteiger partial charge in [0.25, 0.3) is 0 Å². The number of hydrogen-bond acceptors (Lipinski definition) is 0. The summed E-state index contributed by atoms with van der Waals surface area (Å²) in [4.78, 5) is 0. The van der Waals surface area contributed by atoms with E-state index in [4.69, 9.17) is 0 Å². The topological polar surface area (TPSA) is 0 Å². The van der Waals surface area contributed by atoms with Crippen LogP contribution in [0.4, 0.5) is 0 Å². The summed E-state index contributed by atoms with van der Waals surface area (Å²) in [7, 11) is -4.22. The first-order valence-electron chi connectivity index (χ1n) is 9.14. The van der Waals surface area contributed by atoms with E-state index in [1.165, 1.54) is 53.3 Å². The molecule has 0 aromatic heterocycles. The fourth-order valence-electron chi connectivity index (χ4n) is 5.53. The summed E-state index contributed by atoms with van der Waals surface area (Å²) in [6, 6.07) is 7.45. The fraction of sp³-hybridized carbons (Fsp3) is 0.429. The van der Waals surface area contributed by atoms with E-state index in [1.807, 2.05) is 0 Å². The van der Waals surface area contributed by atoms with E-state index >= 15 is 0 Å². The fourth-order valence-corrected chi connectivity index (χ4v) is 40.6. The lowest BCUT2D eigenvalue weighted by molar-refractivity contribution is 1.18. The molecule has 0 atom stereocenters. The van der Waals surface area contributed by atoms with E-state index in [9.17, 15) is 0 Å². The van der Waals surface area contributed by atoms with E-state index in [1.54, 1.807) is 0 Å². The quantitative estimate of drug-likeness (QED) is 0.253. The van der Waals surface area contributed by atoms with E-state index in [-0.39, 0.29) is 0 Å². The van der Waals surface area contributed by atoms with Gasteiger partial charge in [-0.05, 0) is 36.3 Å². The molecule has 0 saturated carbocycles. The van der Waals surface area contributed by atoms with Crippen LogP contribution in [0.15, 0.2) is 75.9 Å². The third-order valence-corrected chi connectivity index (χ3v) is 30.6. The monoisotopic (exact) mass is 372 g/mol. The Bertz CT molecular complexity index is 376. The Morgan fingerprint density at radius 1 is 0.417 bits per heavy atom. The van der Waals surface area contributed by atoms with Crippen LogP contribution in [0.5, 0.6) is 0 Å².